The molecule has 2 rings (SSSR count). The molecule has 0 spiro atoms. The quantitative estimate of drug-likeness (QED) is 0.871. The summed E-state index contributed by atoms with van der Waals surface area (Å²) in [4.78, 5) is 13.8. The van der Waals surface area contributed by atoms with E-state index < -0.39 is 6.04 Å². The molecule has 3 atom stereocenters. The molecule has 0 bridgehead atoms. The highest BCUT2D eigenvalue weighted by Gasteiger charge is 2.34. The molecule has 3 nitrogen and oxygen atoms in total. The second-order valence-corrected chi connectivity index (χ2v) is 5.11. The summed E-state index contributed by atoms with van der Waals surface area (Å²) < 4.78 is 12.9. The van der Waals surface area contributed by atoms with Gasteiger partial charge in [0, 0.05) is 18.5 Å². The number of hydrogen-bond acceptors (Lipinski definition) is 2. The average Bonchev–Trinajstić information content (AvgIpc) is 2.71. The van der Waals surface area contributed by atoms with Gasteiger partial charge in [0.05, 0.1) is 6.04 Å². The fourth-order valence-corrected chi connectivity index (χ4v) is 2.58. The maximum absolute atomic E-state index is 12.9. The van der Waals surface area contributed by atoms with E-state index >= 15 is 0 Å². The van der Waals surface area contributed by atoms with Gasteiger partial charge in [0.2, 0.25) is 5.91 Å². The van der Waals surface area contributed by atoms with Gasteiger partial charge in [-0.3, -0.25) is 4.79 Å². The van der Waals surface area contributed by atoms with Crippen molar-refractivity contribution in [1.29, 1.82) is 0 Å². The molecule has 2 N–H and O–H groups in total. The van der Waals surface area contributed by atoms with Gasteiger partial charge >= 0.3 is 0 Å². The predicted octanol–water partition coefficient (Wildman–Crippen LogP) is 1.88. The number of hydrogen-bond donors (Lipinski definition) is 1. The molecule has 1 amide bonds. The normalized spacial score (nSPS) is 25.2. The molecule has 1 saturated heterocycles. The average molecular weight is 250 g/mol. The van der Waals surface area contributed by atoms with Crippen LogP contribution in [0.2, 0.25) is 0 Å². The van der Waals surface area contributed by atoms with Crippen LogP contribution in [-0.4, -0.2) is 29.4 Å². The van der Waals surface area contributed by atoms with Crippen LogP contribution < -0.4 is 5.73 Å². The van der Waals surface area contributed by atoms with E-state index in [1.54, 1.807) is 19.1 Å². The summed E-state index contributed by atoms with van der Waals surface area (Å²) in [5.74, 6) is 0.0451. The third-order valence-corrected chi connectivity index (χ3v) is 3.59. The Morgan fingerprint density at radius 1 is 1.44 bits per heavy atom. The first-order valence-corrected chi connectivity index (χ1v) is 6.30. The summed E-state index contributed by atoms with van der Waals surface area (Å²) in [7, 11) is 0. The van der Waals surface area contributed by atoms with Crippen molar-refractivity contribution in [2.24, 2.45) is 5.73 Å². The Kier molecular flexibility index (Phi) is 3.66. The molecule has 1 aromatic carbocycles. The highest BCUT2D eigenvalue weighted by Crippen LogP contribution is 2.31. The van der Waals surface area contributed by atoms with E-state index in [0.717, 1.165) is 12.0 Å². The smallest absolute Gasteiger partial charge is 0.239 e. The molecule has 0 aliphatic carbocycles. The largest absolute Gasteiger partial charge is 0.338 e. The Balaban J connectivity index is 2.11. The number of halogens is 1. The number of rotatable bonds is 2. The topological polar surface area (TPSA) is 46.3 Å². The Labute approximate surface area is 107 Å². The van der Waals surface area contributed by atoms with Crippen LogP contribution in [0.15, 0.2) is 24.3 Å². The van der Waals surface area contributed by atoms with Crippen LogP contribution in [0.25, 0.3) is 0 Å². The highest BCUT2D eigenvalue weighted by molar-refractivity contribution is 5.81. The highest BCUT2D eigenvalue weighted by atomic mass is 19.1. The van der Waals surface area contributed by atoms with E-state index in [0.29, 0.717) is 6.54 Å². The van der Waals surface area contributed by atoms with Crippen LogP contribution in [0.5, 0.6) is 0 Å². The van der Waals surface area contributed by atoms with Crippen molar-refractivity contribution in [3.63, 3.8) is 0 Å². The fourth-order valence-electron chi connectivity index (χ4n) is 2.58. The van der Waals surface area contributed by atoms with E-state index in [1.165, 1.54) is 12.1 Å². The Hall–Kier alpha value is -1.42. The van der Waals surface area contributed by atoms with Crippen molar-refractivity contribution in [1.82, 2.24) is 4.90 Å². The lowest BCUT2D eigenvalue weighted by molar-refractivity contribution is -0.132. The molecular formula is C14H19FN2O. The zero-order valence-corrected chi connectivity index (χ0v) is 10.8. The van der Waals surface area contributed by atoms with Crippen molar-refractivity contribution < 1.29 is 9.18 Å². The standard InChI is InChI=1S/C14H19FN2O/c1-9-7-12(8-17(9)14(18)10(2)16)11-3-5-13(15)6-4-11/h3-6,9-10,12H,7-8,16H2,1-2H3/t9?,10-,12?/m1/s1. The minimum Gasteiger partial charge on any atom is -0.338 e. The summed E-state index contributed by atoms with van der Waals surface area (Å²) in [6, 6.07) is 6.27. The van der Waals surface area contributed by atoms with Gasteiger partial charge in [-0.2, -0.15) is 0 Å². The number of likely N-dealkylation sites (tertiary alicyclic amines) is 1. The predicted molar refractivity (Wildman–Crippen MR) is 68.6 cm³/mol. The Morgan fingerprint density at radius 2 is 2.06 bits per heavy atom. The van der Waals surface area contributed by atoms with Gasteiger partial charge in [-0.15, -0.1) is 0 Å². The molecule has 0 saturated carbocycles. The van der Waals surface area contributed by atoms with E-state index in [1.807, 2.05) is 11.8 Å². The summed E-state index contributed by atoms with van der Waals surface area (Å²) in [5, 5.41) is 0. The van der Waals surface area contributed by atoms with E-state index in [2.05, 4.69) is 0 Å². The maximum Gasteiger partial charge on any atom is 0.239 e. The van der Waals surface area contributed by atoms with Crippen molar-refractivity contribution >= 4 is 5.91 Å². The maximum atomic E-state index is 12.9. The summed E-state index contributed by atoms with van der Waals surface area (Å²) >= 11 is 0. The van der Waals surface area contributed by atoms with Crippen LogP contribution >= 0.6 is 0 Å². The summed E-state index contributed by atoms with van der Waals surface area (Å²) in [6.07, 6.45) is 0.907. The van der Waals surface area contributed by atoms with E-state index in [4.69, 9.17) is 5.73 Å². The molecular weight excluding hydrogens is 231 g/mol. The number of benzene rings is 1. The van der Waals surface area contributed by atoms with Crippen molar-refractivity contribution in [2.45, 2.75) is 38.3 Å². The molecule has 4 heteroatoms. The minimum atomic E-state index is -0.459. The third kappa shape index (κ3) is 2.53. The molecule has 18 heavy (non-hydrogen) atoms. The zero-order chi connectivity index (χ0) is 13.3. The van der Waals surface area contributed by atoms with Gasteiger partial charge in [0.1, 0.15) is 5.82 Å². The van der Waals surface area contributed by atoms with Gasteiger partial charge in [-0.1, -0.05) is 12.1 Å². The van der Waals surface area contributed by atoms with E-state index in [9.17, 15) is 9.18 Å². The third-order valence-electron chi connectivity index (χ3n) is 3.59. The van der Waals surface area contributed by atoms with Crippen LogP contribution in [0, 0.1) is 5.82 Å². The molecule has 1 aliphatic rings. The van der Waals surface area contributed by atoms with Gasteiger partial charge < -0.3 is 10.6 Å². The van der Waals surface area contributed by atoms with Crippen LogP contribution in [-0.2, 0) is 4.79 Å². The molecule has 1 fully saturated rings. The first-order chi connectivity index (χ1) is 8.49. The lowest BCUT2D eigenvalue weighted by Crippen LogP contribution is -2.43. The van der Waals surface area contributed by atoms with Crippen molar-refractivity contribution in [2.75, 3.05) is 6.54 Å². The van der Waals surface area contributed by atoms with Gasteiger partial charge in [-0.05, 0) is 38.0 Å². The van der Waals surface area contributed by atoms with Crippen LogP contribution in [0.4, 0.5) is 4.39 Å². The zero-order valence-electron chi connectivity index (χ0n) is 10.8. The molecule has 2 unspecified atom stereocenters. The molecule has 0 aromatic heterocycles. The van der Waals surface area contributed by atoms with Gasteiger partial charge in [-0.25, -0.2) is 4.39 Å². The lowest BCUT2D eigenvalue weighted by atomic mass is 9.97. The minimum absolute atomic E-state index is 0.00730. The second-order valence-electron chi connectivity index (χ2n) is 5.11. The Bertz CT molecular complexity index is 430. The first-order valence-electron chi connectivity index (χ1n) is 6.30. The van der Waals surface area contributed by atoms with Crippen molar-refractivity contribution in [3.8, 4) is 0 Å². The van der Waals surface area contributed by atoms with Crippen molar-refractivity contribution in [3.05, 3.63) is 35.6 Å². The van der Waals surface area contributed by atoms with Gasteiger partial charge in [0.25, 0.3) is 0 Å². The van der Waals surface area contributed by atoms with Crippen LogP contribution in [0.3, 0.4) is 0 Å². The van der Waals surface area contributed by atoms with E-state index in [-0.39, 0.29) is 23.7 Å². The molecule has 1 heterocycles. The number of nitrogens with zero attached hydrogens (tertiary/aromatic N) is 1. The number of nitrogens with two attached hydrogens (primary N) is 1. The number of carbonyl (C=O) groups excluding carboxylic acids is 1. The number of carbonyl (C=O) groups is 1. The molecule has 98 valence electrons. The summed E-state index contributed by atoms with van der Waals surface area (Å²) in [5.41, 5.74) is 6.73. The van der Waals surface area contributed by atoms with Gasteiger partial charge in [0.15, 0.2) is 0 Å². The monoisotopic (exact) mass is 250 g/mol. The second kappa shape index (κ2) is 5.06. The lowest BCUT2D eigenvalue weighted by Gasteiger charge is -2.23. The fraction of sp³-hybridized carbons (Fsp3) is 0.500. The Morgan fingerprint density at radius 3 is 2.61 bits per heavy atom. The molecule has 0 radical (unpaired) electrons. The van der Waals surface area contributed by atoms with Crippen LogP contribution in [0.1, 0.15) is 31.7 Å². The molecule has 1 aromatic rings. The summed E-state index contributed by atoms with van der Waals surface area (Å²) in [6.45, 7) is 4.41. The SMILES string of the molecule is CC1CC(c2ccc(F)cc2)CN1C(=O)[C@@H](C)N. The molecule has 1 aliphatic heterocycles. The first kappa shape index (κ1) is 13.0. The number of amides is 1.